The van der Waals surface area contributed by atoms with Gasteiger partial charge in [0.2, 0.25) is 0 Å². The van der Waals surface area contributed by atoms with E-state index in [1.807, 2.05) is 0 Å². The highest BCUT2D eigenvalue weighted by atomic mass is 19.4. The molecule has 1 aliphatic carbocycles. The number of nitrogen functional groups attached to an aromatic ring is 2. The van der Waals surface area contributed by atoms with E-state index in [1.165, 1.54) is 48.5 Å². The molecule has 0 aromatic heterocycles. The Labute approximate surface area is 228 Å². The number of ether oxygens (including phenoxy) is 3. The van der Waals surface area contributed by atoms with Gasteiger partial charge < -0.3 is 25.7 Å². The first kappa shape index (κ1) is 30.7. The minimum atomic E-state index is -4.24. The molecule has 12 heteroatoms. The lowest BCUT2D eigenvalue weighted by molar-refractivity contribution is -0.224. The summed E-state index contributed by atoms with van der Waals surface area (Å²) in [6, 6.07) is 9.91. The van der Waals surface area contributed by atoms with Crippen molar-refractivity contribution >= 4 is 29.4 Å². The van der Waals surface area contributed by atoms with Crippen molar-refractivity contribution in [1.29, 1.82) is 0 Å². The first-order valence-corrected chi connectivity index (χ1v) is 12.7. The van der Waals surface area contributed by atoms with Gasteiger partial charge >= 0.3 is 24.2 Å². The van der Waals surface area contributed by atoms with Crippen molar-refractivity contribution in [3.8, 4) is 5.75 Å². The Morgan fingerprint density at radius 1 is 0.875 bits per heavy atom. The van der Waals surface area contributed by atoms with Crippen LogP contribution < -0.4 is 16.2 Å². The Balaban J connectivity index is 1.39. The SMILES string of the molecule is Nc1cc(N)cc(C(=O)OCCOC(=O)/C=C/c2ccc(OC(F)(F)C3CCC(CCC(F)(F)F)CC3)cc2)c1. The number of benzene rings is 2. The molecule has 40 heavy (non-hydrogen) atoms. The highest BCUT2D eigenvalue weighted by molar-refractivity contribution is 5.91. The van der Waals surface area contributed by atoms with E-state index >= 15 is 0 Å². The molecule has 0 atom stereocenters. The quantitative estimate of drug-likeness (QED) is 0.106. The zero-order valence-corrected chi connectivity index (χ0v) is 21.6. The third-order valence-corrected chi connectivity index (χ3v) is 6.48. The molecule has 2 aromatic rings. The molecule has 3 rings (SSSR count). The lowest BCUT2D eigenvalue weighted by Gasteiger charge is -2.33. The topological polar surface area (TPSA) is 114 Å². The maximum atomic E-state index is 14.7. The van der Waals surface area contributed by atoms with E-state index < -0.39 is 36.6 Å². The molecule has 0 heterocycles. The zero-order valence-electron chi connectivity index (χ0n) is 21.6. The van der Waals surface area contributed by atoms with Gasteiger partial charge in [-0.1, -0.05) is 12.1 Å². The maximum absolute atomic E-state index is 14.7. The number of hydrogen-bond donors (Lipinski definition) is 2. The summed E-state index contributed by atoms with van der Waals surface area (Å²) in [5.74, 6) is -2.75. The van der Waals surface area contributed by atoms with Gasteiger partial charge in [-0.25, -0.2) is 9.59 Å². The first-order valence-electron chi connectivity index (χ1n) is 12.7. The van der Waals surface area contributed by atoms with Gasteiger partial charge in [-0.05, 0) is 80.0 Å². The summed E-state index contributed by atoms with van der Waals surface area (Å²) in [6.45, 7) is -0.388. The highest BCUT2D eigenvalue weighted by Gasteiger charge is 2.44. The van der Waals surface area contributed by atoms with Crippen LogP contribution in [0.2, 0.25) is 0 Å². The smallest absolute Gasteiger partial charge is 0.400 e. The van der Waals surface area contributed by atoms with Crippen molar-refractivity contribution in [2.75, 3.05) is 24.7 Å². The van der Waals surface area contributed by atoms with Crippen molar-refractivity contribution in [2.24, 2.45) is 11.8 Å². The monoisotopic (exact) mass is 570 g/mol. The first-order chi connectivity index (χ1) is 18.8. The summed E-state index contributed by atoms with van der Waals surface area (Å²) in [5, 5.41) is 0. The summed E-state index contributed by atoms with van der Waals surface area (Å²) in [7, 11) is 0. The van der Waals surface area contributed by atoms with Crippen molar-refractivity contribution in [3.63, 3.8) is 0 Å². The van der Waals surface area contributed by atoms with Crippen molar-refractivity contribution in [3.05, 3.63) is 59.7 Å². The molecule has 0 amide bonds. The van der Waals surface area contributed by atoms with E-state index in [9.17, 15) is 31.5 Å². The van der Waals surface area contributed by atoms with E-state index in [-0.39, 0.29) is 49.7 Å². The van der Waals surface area contributed by atoms with E-state index in [0.29, 0.717) is 29.8 Å². The van der Waals surface area contributed by atoms with Crippen LogP contribution in [0, 0.1) is 11.8 Å². The number of rotatable bonds is 11. The molecule has 4 N–H and O–H groups in total. The van der Waals surface area contributed by atoms with Crippen LogP contribution in [0.3, 0.4) is 0 Å². The third kappa shape index (κ3) is 10.0. The molecule has 0 unspecified atom stereocenters. The van der Waals surface area contributed by atoms with E-state index in [4.69, 9.17) is 25.7 Å². The van der Waals surface area contributed by atoms with E-state index in [0.717, 1.165) is 6.08 Å². The largest absolute Gasteiger partial charge is 0.459 e. The summed E-state index contributed by atoms with van der Waals surface area (Å²) in [6.07, 6.45) is -5.31. The second-order valence-corrected chi connectivity index (χ2v) is 9.63. The number of hydrogen-bond acceptors (Lipinski definition) is 7. The van der Waals surface area contributed by atoms with Crippen LogP contribution in [-0.2, 0) is 14.3 Å². The molecule has 7 nitrogen and oxygen atoms in total. The van der Waals surface area contributed by atoms with Crippen LogP contribution in [-0.4, -0.2) is 37.4 Å². The van der Waals surface area contributed by atoms with Crippen LogP contribution in [0.5, 0.6) is 5.75 Å². The van der Waals surface area contributed by atoms with Crippen LogP contribution in [0.15, 0.2) is 48.5 Å². The highest BCUT2D eigenvalue weighted by Crippen LogP contribution is 2.42. The van der Waals surface area contributed by atoms with Gasteiger partial charge in [-0.15, -0.1) is 0 Å². The molecular weight excluding hydrogens is 539 g/mol. The summed E-state index contributed by atoms with van der Waals surface area (Å²) in [5.41, 5.74) is 12.6. The van der Waals surface area contributed by atoms with Gasteiger partial charge in [-0.2, -0.15) is 22.0 Å². The van der Waals surface area contributed by atoms with Gasteiger partial charge in [0.15, 0.2) is 0 Å². The summed E-state index contributed by atoms with van der Waals surface area (Å²) < 4.78 is 81.4. The van der Waals surface area contributed by atoms with Gasteiger partial charge in [0.1, 0.15) is 19.0 Å². The summed E-state index contributed by atoms with van der Waals surface area (Å²) >= 11 is 0. The fourth-order valence-electron chi connectivity index (χ4n) is 4.41. The van der Waals surface area contributed by atoms with Crippen molar-refractivity contribution < 1.29 is 45.8 Å². The molecule has 0 spiro atoms. The number of carbonyl (C=O) groups excluding carboxylic acids is 2. The fourth-order valence-corrected chi connectivity index (χ4v) is 4.41. The predicted octanol–water partition coefficient (Wildman–Crippen LogP) is 6.38. The van der Waals surface area contributed by atoms with Crippen LogP contribution in [0.4, 0.5) is 33.3 Å². The van der Waals surface area contributed by atoms with Crippen LogP contribution in [0.1, 0.15) is 54.4 Å². The maximum Gasteiger partial charge on any atom is 0.400 e. The Morgan fingerprint density at radius 3 is 2.08 bits per heavy atom. The van der Waals surface area contributed by atoms with Gasteiger partial charge in [0, 0.05) is 23.9 Å². The normalized spacial score (nSPS) is 17.9. The lowest BCUT2D eigenvalue weighted by Crippen LogP contribution is -2.37. The number of halogens is 5. The van der Waals surface area contributed by atoms with E-state index in [1.54, 1.807) is 0 Å². The van der Waals surface area contributed by atoms with Gasteiger partial charge in [-0.3, -0.25) is 0 Å². The zero-order chi connectivity index (χ0) is 29.3. The van der Waals surface area contributed by atoms with Gasteiger partial charge in [0.05, 0.1) is 11.5 Å². The molecule has 218 valence electrons. The molecule has 0 saturated heterocycles. The summed E-state index contributed by atoms with van der Waals surface area (Å²) in [4.78, 5) is 23.9. The Kier molecular flexibility index (Phi) is 10.4. The number of alkyl halides is 5. The molecule has 0 bridgehead atoms. The van der Waals surface area contributed by atoms with Crippen molar-refractivity contribution in [2.45, 2.75) is 50.8 Å². The van der Waals surface area contributed by atoms with E-state index in [2.05, 4.69) is 0 Å². The standard InChI is InChI=1S/C28H31F5N2O5/c29-27(30,31)12-11-19-1-6-21(7-2-19)28(32,33)40-24-8-3-18(4-9-24)5-10-25(36)38-13-14-39-26(37)20-15-22(34)17-23(35)16-20/h3-5,8-10,15-17,19,21H,1-2,6-7,11-14,34-35H2/b10-5+. The number of esters is 2. The average Bonchev–Trinajstić information content (AvgIpc) is 2.88. The number of nitrogens with two attached hydrogens (primary N) is 2. The molecular formula is C28H31F5N2O5. The lowest BCUT2D eigenvalue weighted by atomic mass is 9.79. The average molecular weight is 571 g/mol. The number of anilines is 2. The Hall–Kier alpha value is -3.83. The molecule has 0 radical (unpaired) electrons. The van der Waals surface area contributed by atoms with Gasteiger partial charge in [0.25, 0.3) is 0 Å². The molecule has 1 aliphatic rings. The number of carbonyl (C=O) groups is 2. The predicted molar refractivity (Wildman–Crippen MR) is 138 cm³/mol. The van der Waals surface area contributed by atoms with Crippen LogP contribution >= 0.6 is 0 Å². The Morgan fingerprint density at radius 2 is 1.48 bits per heavy atom. The molecule has 2 aromatic carbocycles. The van der Waals surface area contributed by atoms with Crippen molar-refractivity contribution in [1.82, 2.24) is 0 Å². The Bertz CT molecular complexity index is 1160. The molecule has 1 fully saturated rings. The molecule has 0 aliphatic heterocycles. The third-order valence-electron chi connectivity index (χ3n) is 6.48. The minimum Gasteiger partial charge on any atom is -0.459 e. The fraction of sp³-hybridized carbons (Fsp3) is 0.429. The minimum absolute atomic E-state index is 0.0429. The second kappa shape index (κ2) is 13.5. The molecule has 1 saturated carbocycles. The second-order valence-electron chi connectivity index (χ2n) is 9.63. The van der Waals surface area contributed by atoms with Crippen LogP contribution in [0.25, 0.3) is 6.08 Å².